The van der Waals surface area contributed by atoms with Crippen LogP contribution in [0.15, 0.2) is 37.2 Å². The first-order valence-corrected chi connectivity index (χ1v) is 10.5. The van der Waals surface area contributed by atoms with Gasteiger partial charge >= 0.3 is 0 Å². The van der Waals surface area contributed by atoms with E-state index in [1.54, 1.807) is 21.9 Å². The van der Waals surface area contributed by atoms with Crippen LogP contribution in [-0.4, -0.2) is 68.7 Å². The van der Waals surface area contributed by atoms with Gasteiger partial charge < -0.3 is 15.1 Å². The number of piperazine rings is 1. The monoisotopic (exact) mass is 467 g/mol. The van der Waals surface area contributed by atoms with Crippen LogP contribution in [0.3, 0.4) is 0 Å². The van der Waals surface area contributed by atoms with E-state index in [2.05, 4.69) is 32.9 Å². The van der Waals surface area contributed by atoms with Gasteiger partial charge in [0.2, 0.25) is 11.8 Å². The van der Waals surface area contributed by atoms with Gasteiger partial charge in [-0.15, -0.1) is 0 Å². The molecule has 0 bridgehead atoms. The van der Waals surface area contributed by atoms with Crippen molar-refractivity contribution in [3.8, 4) is 17.5 Å². The SMILES string of the molecule is C=CC(=O)N1CCN(C(C)=O)C(c2cc(Cl)nc(-c3cc(C(=O)NC)ncn3)c2)C1CC#N. The van der Waals surface area contributed by atoms with E-state index in [-0.39, 0.29) is 48.1 Å². The Kier molecular flexibility index (Phi) is 7.35. The molecule has 0 aliphatic carbocycles. The summed E-state index contributed by atoms with van der Waals surface area (Å²) in [4.78, 5) is 52.6. The number of nitrogens with zero attached hydrogens (tertiary/aromatic N) is 6. The standard InChI is InChI=1S/C22H22ClN7O3/c1-4-20(32)30-8-7-29(13(2)31)21(18(30)5-6-24)14-9-16(28-19(23)10-14)15-11-17(22(33)25-3)27-12-26-15/h4,9-12,18,21H,1,5,7-8H2,2-3H3,(H,25,33). The Morgan fingerprint density at radius 1 is 1.24 bits per heavy atom. The molecule has 1 fully saturated rings. The zero-order valence-corrected chi connectivity index (χ0v) is 18.9. The number of hydrogen-bond donors (Lipinski definition) is 1. The van der Waals surface area contributed by atoms with Crippen LogP contribution < -0.4 is 5.32 Å². The molecule has 33 heavy (non-hydrogen) atoms. The highest BCUT2D eigenvalue weighted by molar-refractivity contribution is 6.29. The molecule has 11 heteroatoms. The molecular formula is C22H22ClN7O3. The summed E-state index contributed by atoms with van der Waals surface area (Å²) in [5.41, 5.74) is 1.45. The smallest absolute Gasteiger partial charge is 0.269 e. The fourth-order valence-corrected chi connectivity index (χ4v) is 4.15. The summed E-state index contributed by atoms with van der Waals surface area (Å²) in [5.74, 6) is -0.912. The first kappa shape index (κ1) is 23.8. The minimum absolute atomic E-state index is 0.00235. The molecular weight excluding hydrogens is 446 g/mol. The van der Waals surface area contributed by atoms with Crippen LogP contribution in [0.4, 0.5) is 0 Å². The van der Waals surface area contributed by atoms with Crippen molar-refractivity contribution in [2.75, 3.05) is 20.1 Å². The van der Waals surface area contributed by atoms with Crippen molar-refractivity contribution in [1.29, 1.82) is 5.26 Å². The topological polar surface area (TPSA) is 132 Å². The second-order valence-corrected chi connectivity index (χ2v) is 7.69. The summed E-state index contributed by atoms with van der Waals surface area (Å²) in [6.07, 6.45) is 2.43. The fraction of sp³-hybridized carbons (Fsp3) is 0.318. The summed E-state index contributed by atoms with van der Waals surface area (Å²) >= 11 is 6.33. The number of pyridine rings is 1. The number of hydrogen-bond acceptors (Lipinski definition) is 7. The summed E-state index contributed by atoms with van der Waals surface area (Å²) in [5, 5.41) is 12.1. The molecule has 1 N–H and O–H groups in total. The molecule has 0 radical (unpaired) electrons. The van der Waals surface area contributed by atoms with Crippen molar-refractivity contribution < 1.29 is 14.4 Å². The second kappa shape index (κ2) is 10.2. The van der Waals surface area contributed by atoms with Gasteiger partial charge in [0.1, 0.15) is 17.2 Å². The van der Waals surface area contributed by atoms with Gasteiger partial charge in [-0.1, -0.05) is 18.2 Å². The van der Waals surface area contributed by atoms with Crippen molar-refractivity contribution in [2.45, 2.75) is 25.4 Å². The number of carbonyl (C=O) groups is 3. The van der Waals surface area contributed by atoms with E-state index in [0.29, 0.717) is 17.0 Å². The molecule has 0 saturated carbocycles. The highest BCUT2D eigenvalue weighted by atomic mass is 35.5. The molecule has 2 aromatic rings. The fourth-order valence-electron chi connectivity index (χ4n) is 3.93. The highest BCUT2D eigenvalue weighted by Gasteiger charge is 2.40. The quantitative estimate of drug-likeness (QED) is 0.523. The third kappa shape index (κ3) is 4.99. The van der Waals surface area contributed by atoms with E-state index >= 15 is 0 Å². The Hall–Kier alpha value is -3.84. The number of nitriles is 1. The van der Waals surface area contributed by atoms with Crippen LogP contribution in [0, 0.1) is 11.3 Å². The number of halogens is 1. The first-order chi connectivity index (χ1) is 15.8. The number of aromatic nitrogens is 3. The molecule has 3 amide bonds. The Labute approximate surface area is 195 Å². The van der Waals surface area contributed by atoms with Crippen LogP contribution in [0.5, 0.6) is 0 Å². The average Bonchev–Trinajstić information content (AvgIpc) is 2.82. The predicted octanol–water partition coefficient (Wildman–Crippen LogP) is 1.75. The molecule has 0 aromatic carbocycles. The normalized spacial score (nSPS) is 17.8. The molecule has 0 spiro atoms. The molecule has 1 aliphatic heterocycles. The van der Waals surface area contributed by atoms with Crippen molar-refractivity contribution in [2.24, 2.45) is 0 Å². The van der Waals surface area contributed by atoms with Gasteiger partial charge in [0, 0.05) is 27.1 Å². The lowest BCUT2D eigenvalue weighted by Gasteiger charge is -2.46. The lowest BCUT2D eigenvalue weighted by atomic mass is 9.91. The van der Waals surface area contributed by atoms with Gasteiger partial charge in [0.05, 0.1) is 36.0 Å². The Morgan fingerprint density at radius 3 is 2.61 bits per heavy atom. The Morgan fingerprint density at radius 2 is 1.97 bits per heavy atom. The Bertz CT molecular complexity index is 1150. The zero-order chi connectivity index (χ0) is 24.1. The van der Waals surface area contributed by atoms with E-state index in [1.165, 1.54) is 32.4 Å². The van der Waals surface area contributed by atoms with E-state index in [4.69, 9.17) is 11.6 Å². The first-order valence-electron chi connectivity index (χ1n) is 10.1. The molecule has 1 aliphatic rings. The van der Waals surface area contributed by atoms with Gasteiger partial charge in [-0.2, -0.15) is 5.26 Å². The molecule has 2 aromatic heterocycles. The lowest BCUT2D eigenvalue weighted by molar-refractivity contribution is -0.143. The van der Waals surface area contributed by atoms with Crippen LogP contribution in [0.2, 0.25) is 5.15 Å². The van der Waals surface area contributed by atoms with Gasteiger partial charge in [-0.3, -0.25) is 14.4 Å². The third-order valence-electron chi connectivity index (χ3n) is 5.39. The van der Waals surface area contributed by atoms with Gasteiger partial charge in [0.15, 0.2) is 0 Å². The Balaban J connectivity index is 2.14. The molecule has 2 unspecified atom stereocenters. The van der Waals surface area contributed by atoms with Crippen LogP contribution >= 0.6 is 11.6 Å². The maximum atomic E-state index is 12.5. The maximum Gasteiger partial charge on any atom is 0.269 e. The molecule has 2 atom stereocenters. The van der Waals surface area contributed by atoms with E-state index in [0.717, 1.165) is 0 Å². The van der Waals surface area contributed by atoms with Crippen LogP contribution in [-0.2, 0) is 9.59 Å². The zero-order valence-electron chi connectivity index (χ0n) is 18.2. The summed E-state index contributed by atoms with van der Waals surface area (Å²) in [6.45, 7) is 5.54. The number of amides is 3. The lowest BCUT2D eigenvalue weighted by Crippen LogP contribution is -2.57. The molecule has 1 saturated heterocycles. The minimum Gasteiger partial charge on any atom is -0.354 e. The molecule has 10 nitrogen and oxygen atoms in total. The van der Waals surface area contributed by atoms with Gasteiger partial charge in [-0.05, 0) is 29.8 Å². The highest BCUT2D eigenvalue weighted by Crippen LogP contribution is 2.35. The average molecular weight is 468 g/mol. The number of nitrogens with one attached hydrogen (secondary N) is 1. The van der Waals surface area contributed by atoms with Crippen molar-refractivity contribution >= 4 is 29.3 Å². The van der Waals surface area contributed by atoms with Crippen molar-refractivity contribution in [3.05, 3.63) is 53.6 Å². The predicted molar refractivity (Wildman–Crippen MR) is 120 cm³/mol. The largest absolute Gasteiger partial charge is 0.354 e. The number of rotatable bonds is 5. The summed E-state index contributed by atoms with van der Waals surface area (Å²) in [7, 11) is 1.49. The van der Waals surface area contributed by atoms with E-state index in [9.17, 15) is 19.6 Å². The summed E-state index contributed by atoms with van der Waals surface area (Å²) in [6, 6.07) is 5.62. The minimum atomic E-state index is -0.640. The molecule has 170 valence electrons. The van der Waals surface area contributed by atoms with E-state index in [1.807, 2.05) is 0 Å². The van der Waals surface area contributed by atoms with Gasteiger partial charge in [0.25, 0.3) is 5.91 Å². The second-order valence-electron chi connectivity index (χ2n) is 7.30. The van der Waals surface area contributed by atoms with Crippen LogP contribution in [0.25, 0.3) is 11.4 Å². The summed E-state index contributed by atoms with van der Waals surface area (Å²) < 4.78 is 0. The molecule has 3 heterocycles. The third-order valence-corrected chi connectivity index (χ3v) is 5.59. The van der Waals surface area contributed by atoms with Crippen LogP contribution in [0.1, 0.15) is 35.4 Å². The molecule has 3 rings (SSSR count). The van der Waals surface area contributed by atoms with Crippen molar-refractivity contribution in [1.82, 2.24) is 30.1 Å². The number of carbonyl (C=O) groups excluding carboxylic acids is 3. The van der Waals surface area contributed by atoms with Gasteiger partial charge in [-0.25, -0.2) is 15.0 Å². The maximum absolute atomic E-state index is 12.5. The van der Waals surface area contributed by atoms with Crippen molar-refractivity contribution in [3.63, 3.8) is 0 Å². The van der Waals surface area contributed by atoms with E-state index < -0.39 is 12.1 Å².